The fourth-order valence-electron chi connectivity index (χ4n) is 6.01. The molecule has 12 nitrogen and oxygen atoms in total. The number of carbonyl (C=O) groups is 4. The van der Waals surface area contributed by atoms with Crippen molar-refractivity contribution in [2.75, 3.05) is 39.8 Å². The summed E-state index contributed by atoms with van der Waals surface area (Å²) in [7, 11) is 2.27. The van der Waals surface area contributed by atoms with Crippen LogP contribution >= 0.6 is 0 Å². The number of aromatic nitrogens is 1. The molecule has 1 aliphatic heterocycles. The second-order valence-corrected chi connectivity index (χ2v) is 10.9. The number of carboxylic acids is 2. The molecule has 3 unspecified atom stereocenters. The van der Waals surface area contributed by atoms with Crippen LogP contribution in [-0.4, -0.2) is 117 Å². The number of aliphatic carboxylic acids is 2. The Balaban J connectivity index is 0.000000416. The molecule has 0 radical (unpaired) electrons. The number of esters is 1. The van der Waals surface area contributed by atoms with E-state index in [-0.39, 0.29) is 23.8 Å². The Labute approximate surface area is 244 Å². The molecule has 0 saturated heterocycles. The van der Waals surface area contributed by atoms with Crippen molar-refractivity contribution in [2.45, 2.75) is 58.3 Å². The standard InChI is InChI=1S/C26H36N3O3.C4H6O6/c1-5-28(6-2)26(31)19-14-21-20-10-8-11-22-25(20)18(16-27-22)15-23(21)29(4,17-19)13-9-12-24(30)32-7-3;5-1(3(7)8)2(6)4(9)10/h8,10-11,14,16,19,23,27H,5-7,9,12-13,15,17H2,1-4H3;1-2,5-6H,(H,7,8)(H,9,10)/q+1;/t19-,23-,29?;/m1./s1. The van der Waals surface area contributed by atoms with Gasteiger partial charge in [0.1, 0.15) is 12.0 Å². The number of rotatable bonds is 11. The SMILES string of the molecule is CCOC(=O)CCC[N+]1(C)C[C@H](C(=O)N(CC)CC)C=C2c3cccc4[nH]cc(c34)C[C@H]21.O=C(O)C(O)C(O)C(=O)O. The number of aromatic amines is 1. The van der Waals surface area contributed by atoms with Crippen LogP contribution in [0.3, 0.4) is 0 Å². The highest BCUT2D eigenvalue weighted by Crippen LogP contribution is 2.44. The van der Waals surface area contributed by atoms with Gasteiger partial charge in [0.05, 0.1) is 33.2 Å². The maximum atomic E-state index is 13.4. The second kappa shape index (κ2) is 14.0. The van der Waals surface area contributed by atoms with E-state index in [0.717, 1.165) is 49.0 Å². The van der Waals surface area contributed by atoms with Gasteiger partial charge in [-0.25, -0.2) is 9.59 Å². The predicted octanol–water partition coefficient (Wildman–Crippen LogP) is 1.64. The number of benzene rings is 1. The molecular formula is C30H42N3O9+. The zero-order valence-corrected chi connectivity index (χ0v) is 24.6. The van der Waals surface area contributed by atoms with Crippen LogP contribution in [0.2, 0.25) is 0 Å². The highest BCUT2D eigenvalue weighted by Gasteiger charge is 2.46. The van der Waals surface area contributed by atoms with Crippen LogP contribution in [0.1, 0.15) is 44.7 Å². The van der Waals surface area contributed by atoms with Crippen LogP contribution in [0.5, 0.6) is 0 Å². The van der Waals surface area contributed by atoms with Gasteiger partial charge in [-0.05, 0) is 38.0 Å². The van der Waals surface area contributed by atoms with Crippen molar-refractivity contribution in [1.29, 1.82) is 0 Å². The lowest BCUT2D eigenvalue weighted by molar-refractivity contribution is -0.928. The summed E-state index contributed by atoms with van der Waals surface area (Å²) in [6.45, 7) is 9.41. The number of fused-ring (bicyclic) bond motifs is 2. The number of ether oxygens (including phenoxy) is 1. The van der Waals surface area contributed by atoms with Crippen molar-refractivity contribution in [3.05, 3.63) is 41.6 Å². The van der Waals surface area contributed by atoms with Crippen LogP contribution in [0.25, 0.3) is 16.5 Å². The number of amides is 1. The van der Waals surface area contributed by atoms with E-state index >= 15 is 0 Å². The first-order valence-corrected chi connectivity index (χ1v) is 14.3. The number of H-pyrrole nitrogens is 1. The Kier molecular flexibility index (Phi) is 10.9. The normalized spacial score (nSPS) is 22.1. The minimum atomic E-state index is -2.27. The predicted molar refractivity (Wildman–Crippen MR) is 154 cm³/mol. The van der Waals surface area contributed by atoms with Gasteiger partial charge in [0.15, 0.2) is 12.2 Å². The maximum Gasteiger partial charge on any atom is 0.335 e. The molecule has 4 rings (SSSR count). The zero-order chi connectivity index (χ0) is 31.2. The first kappa shape index (κ1) is 32.8. The number of aliphatic hydroxyl groups excluding tert-OH is 2. The number of aliphatic hydroxyl groups is 2. The van der Waals surface area contributed by atoms with E-state index in [1.54, 1.807) is 0 Å². The molecule has 5 atom stereocenters. The molecule has 2 heterocycles. The van der Waals surface area contributed by atoms with E-state index < -0.39 is 24.1 Å². The maximum absolute atomic E-state index is 13.4. The van der Waals surface area contributed by atoms with E-state index in [1.165, 1.54) is 22.1 Å². The number of nitrogens with zero attached hydrogens (tertiary/aromatic N) is 2. The van der Waals surface area contributed by atoms with Crippen molar-refractivity contribution >= 4 is 40.3 Å². The lowest BCUT2D eigenvalue weighted by Gasteiger charge is -2.49. The number of quaternary nitrogens is 1. The van der Waals surface area contributed by atoms with Crippen LogP contribution in [-0.2, 0) is 30.3 Å². The van der Waals surface area contributed by atoms with Crippen LogP contribution in [0.4, 0.5) is 0 Å². The third kappa shape index (κ3) is 7.00. The molecule has 0 fully saturated rings. The minimum Gasteiger partial charge on any atom is -0.479 e. The molecule has 1 aromatic carbocycles. The smallest absolute Gasteiger partial charge is 0.335 e. The third-order valence-corrected chi connectivity index (χ3v) is 8.17. The molecule has 2 aliphatic rings. The summed E-state index contributed by atoms with van der Waals surface area (Å²) >= 11 is 0. The topological polar surface area (TPSA) is 177 Å². The Morgan fingerprint density at radius 1 is 1.07 bits per heavy atom. The molecular weight excluding hydrogens is 546 g/mol. The Morgan fingerprint density at radius 2 is 1.71 bits per heavy atom. The number of carbonyl (C=O) groups excluding carboxylic acids is 2. The summed E-state index contributed by atoms with van der Waals surface area (Å²) in [5.74, 6) is -3.61. The van der Waals surface area contributed by atoms with Gasteiger partial charge in [-0.2, -0.15) is 0 Å². The van der Waals surface area contributed by atoms with Gasteiger partial charge in [-0.15, -0.1) is 0 Å². The number of carboxylic acid groups (broad SMARTS) is 2. The van der Waals surface area contributed by atoms with E-state index in [0.29, 0.717) is 13.0 Å². The van der Waals surface area contributed by atoms with Gasteiger partial charge in [-0.3, -0.25) is 9.59 Å². The Morgan fingerprint density at radius 3 is 2.29 bits per heavy atom. The van der Waals surface area contributed by atoms with Crippen molar-refractivity contribution in [3.8, 4) is 0 Å². The monoisotopic (exact) mass is 588 g/mol. The Hall–Kier alpha value is -3.74. The summed E-state index contributed by atoms with van der Waals surface area (Å²) in [6.07, 6.45) is 1.99. The molecule has 0 spiro atoms. The van der Waals surface area contributed by atoms with Crippen LogP contribution in [0.15, 0.2) is 30.5 Å². The molecule has 42 heavy (non-hydrogen) atoms. The molecule has 0 saturated carbocycles. The first-order valence-electron chi connectivity index (χ1n) is 14.3. The number of likely N-dealkylation sites (N-methyl/N-ethyl adjacent to an activating group) is 1. The fourth-order valence-corrected chi connectivity index (χ4v) is 6.01. The summed E-state index contributed by atoms with van der Waals surface area (Å²) in [6, 6.07) is 6.71. The highest BCUT2D eigenvalue weighted by atomic mass is 16.5. The van der Waals surface area contributed by atoms with E-state index in [2.05, 4.69) is 42.5 Å². The molecule has 2 aromatic rings. The van der Waals surface area contributed by atoms with E-state index in [4.69, 9.17) is 25.2 Å². The summed E-state index contributed by atoms with van der Waals surface area (Å²) in [5, 5.41) is 33.8. The number of nitrogens with one attached hydrogen (secondary N) is 1. The number of hydrogen-bond acceptors (Lipinski definition) is 7. The lowest BCUT2D eigenvalue weighted by atomic mass is 9.78. The molecule has 0 bridgehead atoms. The average Bonchev–Trinajstić information content (AvgIpc) is 3.37. The quantitative estimate of drug-likeness (QED) is 0.193. The van der Waals surface area contributed by atoms with Crippen molar-refractivity contribution < 1.29 is 48.8 Å². The van der Waals surface area contributed by atoms with Crippen LogP contribution < -0.4 is 0 Å². The molecule has 12 heteroatoms. The van der Waals surface area contributed by atoms with Crippen molar-refractivity contribution in [3.63, 3.8) is 0 Å². The molecule has 1 aromatic heterocycles. The largest absolute Gasteiger partial charge is 0.479 e. The average molecular weight is 589 g/mol. The van der Waals surface area contributed by atoms with Gasteiger partial charge in [0, 0.05) is 48.6 Å². The van der Waals surface area contributed by atoms with Gasteiger partial charge in [0.2, 0.25) is 5.91 Å². The summed E-state index contributed by atoms with van der Waals surface area (Å²) in [5.41, 5.74) is 5.05. The van der Waals surface area contributed by atoms with Crippen LogP contribution in [0, 0.1) is 5.92 Å². The van der Waals surface area contributed by atoms with Gasteiger partial charge in [0.25, 0.3) is 0 Å². The van der Waals surface area contributed by atoms with Gasteiger partial charge in [-0.1, -0.05) is 18.2 Å². The summed E-state index contributed by atoms with van der Waals surface area (Å²) < 4.78 is 5.91. The second-order valence-electron chi connectivity index (χ2n) is 10.9. The van der Waals surface area contributed by atoms with Crippen molar-refractivity contribution in [1.82, 2.24) is 9.88 Å². The molecule has 1 amide bonds. The molecule has 5 N–H and O–H groups in total. The van der Waals surface area contributed by atoms with E-state index in [9.17, 15) is 19.2 Å². The lowest BCUT2D eigenvalue weighted by Crippen LogP contribution is -2.60. The zero-order valence-electron chi connectivity index (χ0n) is 24.6. The molecule has 1 aliphatic carbocycles. The van der Waals surface area contributed by atoms with Crippen molar-refractivity contribution in [2.24, 2.45) is 5.92 Å². The molecule has 230 valence electrons. The van der Waals surface area contributed by atoms with Gasteiger partial charge >= 0.3 is 17.9 Å². The Bertz CT molecular complexity index is 1310. The minimum absolute atomic E-state index is 0.135. The summed E-state index contributed by atoms with van der Waals surface area (Å²) in [4.78, 5) is 50.3. The number of hydrogen-bond donors (Lipinski definition) is 5. The third-order valence-electron chi connectivity index (χ3n) is 8.17. The van der Waals surface area contributed by atoms with Gasteiger partial charge < -0.3 is 39.5 Å². The fraction of sp³-hybridized carbons (Fsp3) is 0.533. The van der Waals surface area contributed by atoms with E-state index in [1.807, 2.05) is 25.7 Å². The highest BCUT2D eigenvalue weighted by molar-refractivity contribution is 5.99. The first-order chi connectivity index (χ1) is 19.9.